The highest BCUT2D eigenvalue weighted by molar-refractivity contribution is 6.01. The molecule has 1 aromatic rings. The zero-order valence-electron chi connectivity index (χ0n) is 13.3. The van der Waals surface area contributed by atoms with Crippen molar-refractivity contribution in [1.29, 1.82) is 0 Å². The lowest BCUT2D eigenvalue weighted by Crippen LogP contribution is -2.20. The Balaban J connectivity index is 0.000000423. The van der Waals surface area contributed by atoms with Crippen molar-refractivity contribution >= 4 is 11.9 Å². The van der Waals surface area contributed by atoms with E-state index in [0.29, 0.717) is 26.1 Å². The molecule has 7 nitrogen and oxygen atoms in total. The Morgan fingerprint density at radius 3 is 1.52 bits per heavy atom. The van der Waals surface area contributed by atoms with Crippen LogP contribution in [0.5, 0.6) is 0 Å². The minimum Gasteiger partial charge on any atom is -0.478 e. The van der Waals surface area contributed by atoms with Crippen LogP contribution < -0.4 is 0 Å². The van der Waals surface area contributed by atoms with Gasteiger partial charge >= 0.3 is 11.9 Å². The number of benzene rings is 1. The van der Waals surface area contributed by atoms with Crippen LogP contribution in [0.2, 0.25) is 0 Å². The molecule has 0 heterocycles. The van der Waals surface area contributed by atoms with E-state index in [4.69, 9.17) is 25.2 Å². The summed E-state index contributed by atoms with van der Waals surface area (Å²) in [4.78, 5) is 20.9. The van der Waals surface area contributed by atoms with Crippen molar-refractivity contribution in [2.45, 2.75) is 38.9 Å². The normalized spacial score (nSPS) is 12.7. The van der Waals surface area contributed by atoms with Crippen molar-refractivity contribution < 1.29 is 34.8 Å². The zero-order valence-corrected chi connectivity index (χ0v) is 13.3. The van der Waals surface area contributed by atoms with Crippen molar-refractivity contribution in [2.24, 2.45) is 0 Å². The summed E-state index contributed by atoms with van der Waals surface area (Å²) in [6.45, 7) is 4.44. The molecule has 2 unspecified atom stereocenters. The highest BCUT2D eigenvalue weighted by Gasteiger charge is 2.13. The van der Waals surface area contributed by atoms with E-state index in [2.05, 4.69) is 0 Å². The van der Waals surface area contributed by atoms with Gasteiger partial charge in [0.15, 0.2) is 0 Å². The monoisotopic (exact) mass is 328 g/mol. The molecule has 0 radical (unpaired) electrons. The largest absolute Gasteiger partial charge is 0.478 e. The van der Waals surface area contributed by atoms with Gasteiger partial charge in [0.25, 0.3) is 0 Å². The SMILES string of the molecule is CCC(O)COCC(O)CC.O=C(O)c1ccccc1C(=O)O. The Bertz CT molecular complexity index is 444. The van der Waals surface area contributed by atoms with Crippen LogP contribution in [-0.2, 0) is 4.74 Å². The van der Waals surface area contributed by atoms with E-state index in [0.717, 1.165) is 0 Å². The van der Waals surface area contributed by atoms with Gasteiger partial charge in [0.1, 0.15) is 0 Å². The van der Waals surface area contributed by atoms with Crippen LogP contribution in [0.3, 0.4) is 0 Å². The van der Waals surface area contributed by atoms with E-state index in [-0.39, 0.29) is 23.3 Å². The van der Waals surface area contributed by atoms with Gasteiger partial charge in [-0.05, 0) is 25.0 Å². The summed E-state index contributed by atoms with van der Waals surface area (Å²) in [5.74, 6) is -2.46. The van der Waals surface area contributed by atoms with Crippen LogP contribution >= 0.6 is 0 Å². The van der Waals surface area contributed by atoms with Gasteiger partial charge in [0, 0.05) is 0 Å². The highest BCUT2D eigenvalue weighted by atomic mass is 16.5. The molecule has 7 heteroatoms. The van der Waals surface area contributed by atoms with Crippen LogP contribution in [0.1, 0.15) is 47.4 Å². The summed E-state index contributed by atoms with van der Waals surface area (Å²) < 4.78 is 5.04. The molecule has 0 saturated heterocycles. The smallest absolute Gasteiger partial charge is 0.336 e. The van der Waals surface area contributed by atoms with E-state index in [1.165, 1.54) is 24.3 Å². The molecule has 0 aliphatic heterocycles. The molecule has 0 aromatic heterocycles. The maximum atomic E-state index is 10.5. The molecule has 2 atom stereocenters. The summed E-state index contributed by atoms with van der Waals surface area (Å²) in [5, 5.41) is 35.2. The second kappa shape index (κ2) is 11.6. The van der Waals surface area contributed by atoms with Crippen molar-refractivity contribution in [3.63, 3.8) is 0 Å². The predicted octanol–water partition coefficient (Wildman–Crippen LogP) is 1.63. The van der Waals surface area contributed by atoms with Gasteiger partial charge in [-0.15, -0.1) is 0 Å². The Kier molecular flexibility index (Phi) is 10.6. The fourth-order valence-electron chi connectivity index (χ4n) is 1.43. The molecular weight excluding hydrogens is 304 g/mol. The number of hydrogen-bond acceptors (Lipinski definition) is 5. The second-order valence-corrected chi connectivity index (χ2v) is 4.82. The molecular formula is C16H24O7. The number of carbonyl (C=O) groups is 2. The van der Waals surface area contributed by atoms with Crippen molar-refractivity contribution in [3.05, 3.63) is 35.4 Å². The molecule has 1 rings (SSSR count). The van der Waals surface area contributed by atoms with Gasteiger partial charge < -0.3 is 25.2 Å². The summed E-state index contributed by atoms with van der Waals surface area (Å²) in [7, 11) is 0. The molecule has 1 aromatic carbocycles. The number of carboxylic acid groups (broad SMARTS) is 2. The average Bonchev–Trinajstić information content (AvgIpc) is 2.54. The van der Waals surface area contributed by atoms with Crippen LogP contribution in [0.4, 0.5) is 0 Å². The van der Waals surface area contributed by atoms with Gasteiger partial charge in [-0.1, -0.05) is 26.0 Å². The third-order valence-corrected chi connectivity index (χ3v) is 2.95. The number of aromatic carboxylic acids is 2. The number of aliphatic hydroxyl groups excluding tert-OH is 2. The third-order valence-electron chi connectivity index (χ3n) is 2.95. The molecule has 0 spiro atoms. The lowest BCUT2D eigenvalue weighted by atomic mass is 10.1. The maximum Gasteiger partial charge on any atom is 0.336 e. The lowest BCUT2D eigenvalue weighted by Gasteiger charge is -2.11. The van der Waals surface area contributed by atoms with Crippen LogP contribution in [0.25, 0.3) is 0 Å². The minimum absolute atomic E-state index is 0.190. The first-order valence-electron chi connectivity index (χ1n) is 7.32. The van der Waals surface area contributed by atoms with E-state index in [1.807, 2.05) is 13.8 Å². The number of hydrogen-bond donors (Lipinski definition) is 4. The van der Waals surface area contributed by atoms with Gasteiger partial charge in [-0.3, -0.25) is 0 Å². The summed E-state index contributed by atoms with van der Waals surface area (Å²) in [6.07, 6.45) is 0.614. The Labute approximate surface area is 135 Å². The van der Waals surface area contributed by atoms with E-state index < -0.39 is 11.9 Å². The fourth-order valence-corrected chi connectivity index (χ4v) is 1.43. The first-order chi connectivity index (χ1) is 10.8. The van der Waals surface area contributed by atoms with Gasteiger partial charge in [-0.25, -0.2) is 9.59 Å². The summed E-state index contributed by atoms with van der Waals surface area (Å²) in [6, 6.07) is 5.48. The zero-order chi connectivity index (χ0) is 17.8. The second-order valence-electron chi connectivity index (χ2n) is 4.82. The Hall–Kier alpha value is -1.96. The molecule has 0 saturated carbocycles. The molecule has 0 aliphatic rings. The third kappa shape index (κ3) is 8.92. The molecule has 0 fully saturated rings. The van der Waals surface area contributed by atoms with Gasteiger partial charge in [-0.2, -0.15) is 0 Å². The summed E-state index contributed by atoms with van der Waals surface area (Å²) >= 11 is 0. The van der Waals surface area contributed by atoms with E-state index in [9.17, 15) is 9.59 Å². The predicted molar refractivity (Wildman–Crippen MR) is 83.8 cm³/mol. The molecule has 130 valence electrons. The van der Waals surface area contributed by atoms with Crippen molar-refractivity contribution in [3.8, 4) is 0 Å². The maximum absolute atomic E-state index is 10.5. The molecule has 0 aliphatic carbocycles. The summed E-state index contributed by atoms with van der Waals surface area (Å²) in [5.41, 5.74) is -0.380. The Morgan fingerprint density at radius 2 is 1.26 bits per heavy atom. The van der Waals surface area contributed by atoms with Gasteiger partial charge in [0.2, 0.25) is 0 Å². The van der Waals surface area contributed by atoms with Crippen LogP contribution in [0, 0.1) is 0 Å². The standard InChI is InChI=1S/C8H6O4.C8H18O3/c9-7(10)5-3-1-2-4-6(5)8(11)12;1-3-7(9)5-11-6-8(10)4-2/h1-4H,(H,9,10)(H,11,12);7-10H,3-6H2,1-2H3. The number of carboxylic acids is 2. The number of aliphatic hydroxyl groups is 2. The van der Waals surface area contributed by atoms with Crippen molar-refractivity contribution in [1.82, 2.24) is 0 Å². The van der Waals surface area contributed by atoms with Crippen LogP contribution in [-0.4, -0.2) is 57.8 Å². The number of rotatable bonds is 8. The van der Waals surface area contributed by atoms with Gasteiger partial charge in [0.05, 0.1) is 36.5 Å². The first kappa shape index (κ1) is 21.0. The highest BCUT2D eigenvalue weighted by Crippen LogP contribution is 2.07. The van der Waals surface area contributed by atoms with Crippen molar-refractivity contribution in [2.75, 3.05) is 13.2 Å². The number of ether oxygens (including phenoxy) is 1. The quantitative estimate of drug-likeness (QED) is 0.571. The average molecular weight is 328 g/mol. The molecule has 23 heavy (non-hydrogen) atoms. The topological polar surface area (TPSA) is 124 Å². The fraction of sp³-hybridized carbons (Fsp3) is 0.500. The molecule has 0 amide bonds. The van der Waals surface area contributed by atoms with E-state index in [1.54, 1.807) is 0 Å². The molecule has 4 N–H and O–H groups in total. The van der Waals surface area contributed by atoms with E-state index >= 15 is 0 Å². The van der Waals surface area contributed by atoms with Crippen LogP contribution in [0.15, 0.2) is 24.3 Å². The minimum atomic E-state index is -1.23. The first-order valence-corrected chi connectivity index (χ1v) is 7.32. The lowest BCUT2D eigenvalue weighted by molar-refractivity contribution is -0.00899. The Morgan fingerprint density at radius 1 is 0.913 bits per heavy atom. The molecule has 0 bridgehead atoms.